The van der Waals surface area contributed by atoms with Crippen molar-refractivity contribution in [2.45, 2.75) is 44.9 Å². The maximum absolute atomic E-state index is 13.0. The molecule has 2 aliphatic rings. The van der Waals surface area contributed by atoms with Gasteiger partial charge in [0.1, 0.15) is 12.6 Å². The molecule has 0 radical (unpaired) electrons. The second-order valence-corrected chi connectivity index (χ2v) is 8.34. The number of nitrogens with zero attached hydrogens (tertiary/aromatic N) is 2. The minimum Gasteiger partial charge on any atom is -0.480 e. The SMILES string of the molecule is CC(C)N(CC(=O)O)C(=O)CNc1cccc2c1C(=O)N(C1CCC(=O)NC1=O)C2=O.O=C(O)C(F)(F)F. The maximum atomic E-state index is 13.0. The number of aliphatic carboxylic acids is 2. The molecule has 16 heteroatoms. The quantitative estimate of drug-likeness (QED) is 0.351. The third-order valence-corrected chi connectivity index (χ3v) is 5.39. The highest BCUT2D eigenvalue weighted by atomic mass is 19.4. The molecule has 1 fully saturated rings. The fourth-order valence-corrected chi connectivity index (χ4v) is 3.64. The van der Waals surface area contributed by atoms with Crippen molar-refractivity contribution >= 4 is 47.2 Å². The predicted molar refractivity (Wildman–Crippen MR) is 120 cm³/mol. The number of fused-ring (bicyclic) bond motifs is 1. The molecule has 0 aromatic heterocycles. The van der Waals surface area contributed by atoms with Crippen LogP contribution in [0.25, 0.3) is 0 Å². The summed E-state index contributed by atoms with van der Waals surface area (Å²) in [5.74, 6) is -6.92. The Labute approximate surface area is 212 Å². The van der Waals surface area contributed by atoms with Gasteiger partial charge in [0.15, 0.2) is 0 Å². The van der Waals surface area contributed by atoms with Gasteiger partial charge in [0.25, 0.3) is 11.8 Å². The van der Waals surface area contributed by atoms with E-state index in [0.717, 1.165) is 4.90 Å². The Kier molecular flexibility index (Phi) is 9.15. The Balaban J connectivity index is 0.000000638. The van der Waals surface area contributed by atoms with E-state index in [2.05, 4.69) is 10.6 Å². The van der Waals surface area contributed by atoms with Crippen LogP contribution < -0.4 is 10.6 Å². The molecular formula is C22H23F3N4O9. The van der Waals surface area contributed by atoms with Crippen molar-refractivity contribution in [1.29, 1.82) is 0 Å². The summed E-state index contributed by atoms with van der Waals surface area (Å²) in [5, 5.41) is 21.1. The number of imide groups is 2. The summed E-state index contributed by atoms with van der Waals surface area (Å²) in [7, 11) is 0. The first-order valence-electron chi connectivity index (χ1n) is 11.0. The number of hydrogen-bond donors (Lipinski definition) is 4. The molecule has 206 valence electrons. The maximum Gasteiger partial charge on any atom is 0.490 e. The van der Waals surface area contributed by atoms with Crippen LogP contribution in [0.1, 0.15) is 47.4 Å². The fourth-order valence-electron chi connectivity index (χ4n) is 3.64. The van der Waals surface area contributed by atoms with E-state index in [9.17, 15) is 41.9 Å². The minimum absolute atomic E-state index is 0.0119. The molecular weight excluding hydrogens is 521 g/mol. The number of alkyl halides is 3. The second-order valence-electron chi connectivity index (χ2n) is 8.34. The van der Waals surface area contributed by atoms with Crippen molar-refractivity contribution in [3.8, 4) is 0 Å². The molecule has 1 atom stereocenters. The van der Waals surface area contributed by atoms with Gasteiger partial charge in [-0.05, 0) is 32.4 Å². The molecule has 4 N–H and O–H groups in total. The summed E-state index contributed by atoms with van der Waals surface area (Å²) in [4.78, 5) is 83.8. The number of carboxylic acids is 2. The average Bonchev–Trinajstić information content (AvgIpc) is 3.06. The zero-order valence-corrected chi connectivity index (χ0v) is 20.0. The van der Waals surface area contributed by atoms with E-state index < -0.39 is 60.2 Å². The fraction of sp³-hybridized carbons (Fsp3) is 0.409. The van der Waals surface area contributed by atoms with E-state index in [0.29, 0.717) is 0 Å². The summed E-state index contributed by atoms with van der Waals surface area (Å²) in [5.41, 5.74) is 0.329. The number of carbonyl (C=O) groups excluding carboxylic acids is 5. The summed E-state index contributed by atoms with van der Waals surface area (Å²) >= 11 is 0. The van der Waals surface area contributed by atoms with Gasteiger partial charge in [0.05, 0.1) is 17.7 Å². The topological polar surface area (TPSA) is 190 Å². The second kappa shape index (κ2) is 11.7. The van der Waals surface area contributed by atoms with E-state index in [-0.39, 0.29) is 42.2 Å². The third kappa shape index (κ3) is 6.83. The van der Waals surface area contributed by atoms with Crippen molar-refractivity contribution in [1.82, 2.24) is 15.1 Å². The summed E-state index contributed by atoms with van der Waals surface area (Å²) < 4.78 is 31.7. The number of piperidine rings is 1. The molecule has 1 unspecified atom stereocenters. The van der Waals surface area contributed by atoms with Crippen LogP contribution in [0.15, 0.2) is 18.2 Å². The van der Waals surface area contributed by atoms with Crippen LogP contribution in [0.2, 0.25) is 0 Å². The van der Waals surface area contributed by atoms with Gasteiger partial charge in [0.2, 0.25) is 17.7 Å². The number of anilines is 1. The van der Waals surface area contributed by atoms with Crippen LogP contribution in [-0.4, -0.2) is 92.8 Å². The van der Waals surface area contributed by atoms with Gasteiger partial charge < -0.3 is 20.4 Å². The standard InChI is InChI=1S/C20H22N4O7.C2HF3O2/c1-10(2)23(9-16(27)28)15(26)8-21-12-5-3-4-11-17(12)20(31)24(19(11)30)13-6-7-14(25)22-18(13)29;3-2(4,5)1(6)7/h3-5,10,13,21H,6-9H2,1-2H3,(H,27,28)(H,22,25,29);(H,6,7). The summed E-state index contributed by atoms with van der Waals surface area (Å²) in [6.45, 7) is 2.61. The molecule has 38 heavy (non-hydrogen) atoms. The number of hydrogen-bond acceptors (Lipinski definition) is 8. The van der Waals surface area contributed by atoms with Gasteiger partial charge in [0, 0.05) is 18.2 Å². The lowest BCUT2D eigenvalue weighted by atomic mass is 10.0. The van der Waals surface area contributed by atoms with Crippen molar-refractivity contribution in [2.24, 2.45) is 0 Å². The molecule has 1 saturated heterocycles. The highest BCUT2D eigenvalue weighted by molar-refractivity contribution is 6.25. The van der Waals surface area contributed by atoms with Crippen molar-refractivity contribution < 1.29 is 56.9 Å². The van der Waals surface area contributed by atoms with E-state index in [1.54, 1.807) is 13.8 Å². The molecule has 0 aliphatic carbocycles. The largest absolute Gasteiger partial charge is 0.490 e. The van der Waals surface area contributed by atoms with Crippen molar-refractivity contribution in [2.75, 3.05) is 18.4 Å². The van der Waals surface area contributed by atoms with Gasteiger partial charge in [-0.1, -0.05) is 6.07 Å². The smallest absolute Gasteiger partial charge is 0.480 e. The lowest BCUT2D eigenvalue weighted by Gasteiger charge is -2.28. The molecule has 1 aromatic rings. The van der Waals surface area contributed by atoms with E-state index >= 15 is 0 Å². The zero-order chi connectivity index (χ0) is 28.9. The molecule has 5 amide bonds. The first-order chi connectivity index (χ1) is 17.6. The highest BCUT2D eigenvalue weighted by Crippen LogP contribution is 2.32. The number of benzene rings is 1. The first-order valence-corrected chi connectivity index (χ1v) is 11.0. The molecule has 0 saturated carbocycles. The van der Waals surface area contributed by atoms with Crippen LogP contribution >= 0.6 is 0 Å². The Hall–Kier alpha value is -4.50. The monoisotopic (exact) mass is 544 g/mol. The first kappa shape index (κ1) is 29.7. The van der Waals surface area contributed by atoms with Gasteiger partial charge in [-0.15, -0.1) is 0 Å². The molecule has 0 bridgehead atoms. The third-order valence-electron chi connectivity index (χ3n) is 5.39. The van der Waals surface area contributed by atoms with Gasteiger partial charge >= 0.3 is 18.1 Å². The Morgan fingerprint density at radius 2 is 1.74 bits per heavy atom. The lowest BCUT2D eigenvalue weighted by Crippen LogP contribution is -2.54. The van der Waals surface area contributed by atoms with Crippen LogP contribution in [-0.2, 0) is 24.0 Å². The number of nitrogens with one attached hydrogen (secondary N) is 2. The van der Waals surface area contributed by atoms with Crippen molar-refractivity contribution in [3.63, 3.8) is 0 Å². The molecule has 0 spiro atoms. The lowest BCUT2D eigenvalue weighted by molar-refractivity contribution is -0.192. The Morgan fingerprint density at radius 3 is 2.24 bits per heavy atom. The van der Waals surface area contributed by atoms with Crippen LogP contribution in [0.5, 0.6) is 0 Å². The van der Waals surface area contributed by atoms with Crippen LogP contribution in [0.4, 0.5) is 18.9 Å². The Morgan fingerprint density at radius 1 is 1.13 bits per heavy atom. The van der Waals surface area contributed by atoms with E-state index in [1.165, 1.54) is 23.1 Å². The van der Waals surface area contributed by atoms with Crippen molar-refractivity contribution in [3.05, 3.63) is 29.3 Å². The molecule has 13 nitrogen and oxygen atoms in total. The van der Waals surface area contributed by atoms with Crippen LogP contribution in [0, 0.1) is 0 Å². The van der Waals surface area contributed by atoms with Gasteiger partial charge in [-0.3, -0.25) is 39.0 Å². The van der Waals surface area contributed by atoms with Gasteiger partial charge in [-0.2, -0.15) is 13.2 Å². The highest BCUT2D eigenvalue weighted by Gasteiger charge is 2.45. The number of carbonyl (C=O) groups is 7. The number of amides is 5. The number of carboxylic acid groups (broad SMARTS) is 2. The number of halogens is 3. The molecule has 2 aliphatic heterocycles. The van der Waals surface area contributed by atoms with E-state index in [4.69, 9.17) is 15.0 Å². The number of rotatable bonds is 7. The van der Waals surface area contributed by atoms with E-state index in [1.807, 2.05) is 0 Å². The predicted octanol–water partition coefficient (Wildman–Crippen LogP) is 0.455. The molecule has 3 rings (SSSR count). The Bertz CT molecular complexity index is 1180. The summed E-state index contributed by atoms with van der Waals surface area (Å²) in [6.07, 6.45) is -5.03. The molecule has 1 aromatic carbocycles. The average molecular weight is 544 g/mol. The van der Waals surface area contributed by atoms with Crippen LogP contribution in [0.3, 0.4) is 0 Å². The van der Waals surface area contributed by atoms with Gasteiger partial charge in [-0.25, -0.2) is 4.79 Å². The zero-order valence-electron chi connectivity index (χ0n) is 20.0. The summed E-state index contributed by atoms with van der Waals surface area (Å²) in [6, 6.07) is 3.05. The molecule has 2 heterocycles. The normalized spacial score (nSPS) is 16.9. The minimum atomic E-state index is -5.08.